The van der Waals surface area contributed by atoms with Crippen molar-refractivity contribution in [2.75, 3.05) is 43.5 Å². The highest BCUT2D eigenvalue weighted by Crippen LogP contribution is 2.39. The van der Waals surface area contributed by atoms with E-state index < -0.39 is 16.0 Å². The molecule has 0 bridgehead atoms. The number of aromatic amines is 1. The maximum atomic E-state index is 12.6. The molecular formula is C28H31N3O9S. The SMILES string of the molecule is CCS(=O)(=O)Nc1ccc(Oc2cccc(OCCOCCOCC(=O)O)c2)c(-c2cn(C)c(=O)c3[nH]ccc23)c1. The van der Waals surface area contributed by atoms with E-state index in [1.54, 1.807) is 74.9 Å². The molecule has 2 aromatic carbocycles. The molecule has 4 aromatic rings. The molecule has 0 radical (unpaired) electrons. The number of rotatable bonds is 15. The molecule has 0 unspecified atom stereocenters. The second kappa shape index (κ2) is 13.4. The topological polar surface area (TPSA) is 158 Å². The number of aryl methyl sites for hydroxylation is 1. The van der Waals surface area contributed by atoms with Crippen molar-refractivity contribution in [3.05, 3.63) is 71.3 Å². The lowest BCUT2D eigenvalue weighted by Gasteiger charge is -2.16. The average Bonchev–Trinajstić information content (AvgIpc) is 3.43. The number of pyridine rings is 1. The summed E-state index contributed by atoms with van der Waals surface area (Å²) in [5.74, 6) is 0.332. The molecule has 0 aliphatic carbocycles. The number of carbonyl (C=O) groups is 1. The molecule has 0 amide bonds. The Bertz CT molecular complexity index is 1680. The predicted molar refractivity (Wildman–Crippen MR) is 153 cm³/mol. The third kappa shape index (κ3) is 7.87. The number of carboxylic acids is 1. The molecule has 13 heteroatoms. The standard InChI is InChI=1S/C28H31N3O9S/c1-3-41(35,36)30-19-7-8-25(23(15-19)24-17-31(2)28(34)27-22(24)9-10-29-27)40-21-6-4-5-20(16-21)39-14-13-37-11-12-38-18-26(32)33/h4-10,15-17,29-30H,3,11-14,18H2,1-2H3,(H,32,33). The molecule has 2 heterocycles. The van der Waals surface area contributed by atoms with Crippen LogP contribution in [0.1, 0.15) is 6.92 Å². The highest BCUT2D eigenvalue weighted by molar-refractivity contribution is 7.92. The van der Waals surface area contributed by atoms with Gasteiger partial charge in [0.2, 0.25) is 10.0 Å². The zero-order valence-electron chi connectivity index (χ0n) is 22.6. The molecule has 0 spiro atoms. The van der Waals surface area contributed by atoms with E-state index in [0.717, 1.165) is 0 Å². The van der Waals surface area contributed by atoms with Gasteiger partial charge in [0.1, 0.15) is 36.0 Å². The number of sulfonamides is 1. The second-order valence-electron chi connectivity index (χ2n) is 8.93. The first-order valence-electron chi connectivity index (χ1n) is 12.8. The van der Waals surface area contributed by atoms with Gasteiger partial charge in [0, 0.05) is 47.7 Å². The average molecular weight is 586 g/mol. The van der Waals surface area contributed by atoms with Gasteiger partial charge in [0.05, 0.1) is 25.6 Å². The van der Waals surface area contributed by atoms with Crippen LogP contribution in [0.3, 0.4) is 0 Å². The van der Waals surface area contributed by atoms with E-state index in [4.69, 9.17) is 24.1 Å². The Morgan fingerprint density at radius 2 is 1.76 bits per heavy atom. The van der Waals surface area contributed by atoms with Crippen LogP contribution >= 0.6 is 0 Å². The Kier molecular flexibility index (Phi) is 9.65. The van der Waals surface area contributed by atoms with E-state index in [0.29, 0.717) is 45.0 Å². The second-order valence-corrected chi connectivity index (χ2v) is 10.9. The van der Waals surface area contributed by atoms with Gasteiger partial charge < -0.3 is 33.6 Å². The molecule has 4 rings (SSSR count). The van der Waals surface area contributed by atoms with Crippen LogP contribution in [0.2, 0.25) is 0 Å². The van der Waals surface area contributed by atoms with Gasteiger partial charge in [-0.1, -0.05) is 6.07 Å². The number of aliphatic carboxylic acids is 1. The first-order chi connectivity index (χ1) is 19.7. The van der Waals surface area contributed by atoms with E-state index in [1.807, 2.05) is 0 Å². The summed E-state index contributed by atoms with van der Waals surface area (Å²) in [6, 6.07) is 13.7. The molecule has 0 saturated heterocycles. The van der Waals surface area contributed by atoms with Gasteiger partial charge in [-0.3, -0.25) is 9.52 Å². The quantitative estimate of drug-likeness (QED) is 0.177. The first-order valence-corrected chi connectivity index (χ1v) is 14.4. The van der Waals surface area contributed by atoms with Crippen molar-refractivity contribution in [3.63, 3.8) is 0 Å². The molecule has 0 saturated carbocycles. The Labute approximate surface area is 236 Å². The largest absolute Gasteiger partial charge is 0.491 e. The summed E-state index contributed by atoms with van der Waals surface area (Å²) >= 11 is 0. The first kappa shape index (κ1) is 29.6. The lowest BCUT2D eigenvalue weighted by Crippen LogP contribution is -2.17. The number of nitrogens with zero attached hydrogens (tertiary/aromatic N) is 1. The van der Waals surface area contributed by atoms with Gasteiger partial charge in [-0.25, -0.2) is 13.2 Å². The molecule has 0 aliphatic rings. The number of hydrogen-bond donors (Lipinski definition) is 3. The number of carboxylic acid groups (broad SMARTS) is 1. The van der Waals surface area contributed by atoms with Crippen LogP contribution in [0, 0.1) is 0 Å². The van der Waals surface area contributed by atoms with Crippen LogP contribution in [0.5, 0.6) is 17.2 Å². The van der Waals surface area contributed by atoms with Gasteiger partial charge in [-0.2, -0.15) is 0 Å². The van der Waals surface area contributed by atoms with E-state index >= 15 is 0 Å². The molecule has 0 fully saturated rings. The summed E-state index contributed by atoms with van der Waals surface area (Å²) in [7, 11) is -1.88. The smallest absolute Gasteiger partial charge is 0.329 e. The molecule has 41 heavy (non-hydrogen) atoms. The summed E-state index contributed by atoms with van der Waals surface area (Å²) in [5, 5.41) is 9.22. The van der Waals surface area contributed by atoms with Crippen LogP contribution in [-0.4, -0.2) is 67.8 Å². The summed E-state index contributed by atoms with van der Waals surface area (Å²) in [6.45, 7) is 2.12. The van der Waals surface area contributed by atoms with E-state index in [1.165, 1.54) is 4.57 Å². The van der Waals surface area contributed by atoms with Gasteiger partial charge >= 0.3 is 5.97 Å². The lowest BCUT2D eigenvalue weighted by molar-refractivity contribution is -0.142. The summed E-state index contributed by atoms with van der Waals surface area (Å²) in [4.78, 5) is 26.0. The van der Waals surface area contributed by atoms with Gasteiger partial charge in [0.25, 0.3) is 5.56 Å². The van der Waals surface area contributed by atoms with Crippen LogP contribution < -0.4 is 19.8 Å². The monoisotopic (exact) mass is 585 g/mol. The van der Waals surface area contributed by atoms with Crippen molar-refractivity contribution < 1.29 is 37.3 Å². The zero-order chi connectivity index (χ0) is 29.4. The maximum absolute atomic E-state index is 12.6. The molecule has 12 nitrogen and oxygen atoms in total. The van der Waals surface area contributed by atoms with Crippen molar-refractivity contribution >= 4 is 32.6 Å². The fraction of sp³-hybridized carbons (Fsp3) is 0.286. The van der Waals surface area contributed by atoms with Gasteiger partial charge in [0.15, 0.2) is 0 Å². The number of aromatic nitrogens is 2. The number of anilines is 1. The zero-order valence-corrected chi connectivity index (χ0v) is 23.4. The maximum Gasteiger partial charge on any atom is 0.329 e. The molecule has 2 aromatic heterocycles. The highest BCUT2D eigenvalue weighted by Gasteiger charge is 2.17. The fourth-order valence-electron chi connectivity index (χ4n) is 3.98. The number of fused-ring (bicyclic) bond motifs is 1. The molecule has 0 aliphatic heterocycles. The van der Waals surface area contributed by atoms with E-state index in [-0.39, 0.29) is 44.3 Å². The minimum atomic E-state index is -3.53. The fourth-order valence-corrected chi connectivity index (χ4v) is 4.61. The summed E-state index contributed by atoms with van der Waals surface area (Å²) in [6.07, 6.45) is 3.36. The van der Waals surface area contributed by atoms with Crippen molar-refractivity contribution in [2.45, 2.75) is 6.92 Å². The Balaban J connectivity index is 1.55. The molecular weight excluding hydrogens is 554 g/mol. The van der Waals surface area contributed by atoms with Crippen LogP contribution in [-0.2, 0) is 31.3 Å². The Morgan fingerprint density at radius 3 is 2.54 bits per heavy atom. The van der Waals surface area contributed by atoms with Crippen LogP contribution in [0.25, 0.3) is 22.0 Å². The van der Waals surface area contributed by atoms with Crippen molar-refractivity contribution in [1.29, 1.82) is 0 Å². The van der Waals surface area contributed by atoms with Gasteiger partial charge in [-0.15, -0.1) is 0 Å². The van der Waals surface area contributed by atoms with Crippen molar-refractivity contribution in [2.24, 2.45) is 7.05 Å². The molecule has 3 N–H and O–H groups in total. The predicted octanol–water partition coefficient (Wildman–Crippen LogP) is 3.58. The third-order valence-corrected chi connectivity index (χ3v) is 7.25. The normalized spacial score (nSPS) is 11.5. The number of hydrogen-bond acceptors (Lipinski definition) is 8. The van der Waals surface area contributed by atoms with Crippen molar-refractivity contribution in [3.8, 4) is 28.4 Å². The van der Waals surface area contributed by atoms with Crippen LogP contribution in [0.4, 0.5) is 5.69 Å². The highest BCUT2D eigenvalue weighted by atomic mass is 32.2. The number of ether oxygens (including phenoxy) is 4. The number of nitrogens with one attached hydrogen (secondary N) is 2. The number of benzene rings is 2. The summed E-state index contributed by atoms with van der Waals surface area (Å²) < 4.78 is 50.8. The Hall–Kier alpha value is -4.33. The minimum Gasteiger partial charge on any atom is -0.491 e. The van der Waals surface area contributed by atoms with E-state index in [2.05, 4.69) is 9.71 Å². The van der Waals surface area contributed by atoms with Gasteiger partial charge in [-0.05, 0) is 43.3 Å². The lowest BCUT2D eigenvalue weighted by atomic mass is 10.0. The minimum absolute atomic E-state index is 0.0845. The Morgan fingerprint density at radius 1 is 1.00 bits per heavy atom. The molecule has 0 atom stereocenters. The van der Waals surface area contributed by atoms with Crippen molar-refractivity contribution in [1.82, 2.24) is 9.55 Å². The third-order valence-electron chi connectivity index (χ3n) is 5.94. The molecule has 218 valence electrons. The van der Waals surface area contributed by atoms with E-state index in [9.17, 15) is 18.0 Å². The summed E-state index contributed by atoms with van der Waals surface area (Å²) in [5.41, 5.74) is 1.83. The van der Waals surface area contributed by atoms with Crippen LogP contribution in [0.15, 0.2) is 65.7 Å². The number of H-pyrrole nitrogens is 1.